The van der Waals surface area contributed by atoms with E-state index >= 15 is 0 Å². The fourth-order valence-corrected chi connectivity index (χ4v) is 2.96. The molecule has 1 N–H and O–H groups in total. The normalized spacial score (nSPS) is 10.3. The lowest BCUT2D eigenvalue weighted by Crippen LogP contribution is -2.14. The molecule has 1 heterocycles. The van der Waals surface area contributed by atoms with E-state index in [2.05, 4.69) is 69.6 Å². The van der Waals surface area contributed by atoms with Gasteiger partial charge in [-0.25, -0.2) is 0 Å². The van der Waals surface area contributed by atoms with Gasteiger partial charge in [-0.05, 0) is 45.8 Å². The molecule has 0 radical (unpaired) electrons. The fraction of sp³-hybridized carbons (Fsp3) is 0.231. The Morgan fingerprint density at radius 2 is 1.88 bits per heavy atom. The minimum Gasteiger partial charge on any atom is -0.388 e. The van der Waals surface area contributed by atoms with E-state index in [-0.39, 0.29) is 0 Å². The standard InChI is InChI=1S/C13H15BrN2S/c1-15-11-5-3-10(4-6-11)9-16(2)13-8-7-12(14)17-13/h3-8,15H,9H2,1-2H3. The number of rotatable bonds is 4. The van der Waals surface area contributed by atoms with Gasteiger partial charge in [0.25, 0.3) is 0 Å². The van der Waals surface area contributed by atoms with Gasteiger partial charge < -0.3 is 10.2 Å². The van der Waals surface area contributed by atoms with E-state index < -0.39 is 0 Å². The Hall–Kier alpha value is -1.00. The molecule has 2 aromatic rings. The summed E-state index contributed by atoms with van der Waals surface area (Å²) < 4.78 is 1.17. The number of nitrogens with one attached hydrogen (secondary N) is 1. The van der Waals surface area contributed by atoms with Crippen LogP contribution in [-0.4, -0.2) is 14.1 Å². The molecule has 2 rings (SSSR count). The van der Waals surface area contributed by atoms with Crippen molar-refractivity contribution in [1.29, 1.82) is 0 Å². The average Bonchev–Trinajstić information content (AvgIpc) is 2.77. The summed E-state index contributed by atoms with van der Waals surface area (Å²) in [7, 11) is 4.05. The molecule has 90 valence electrons. The van der Waals surface area contributed by atoms with Crippen molar-refractivity contribution in [3.8, 4) is 0 Å². The fourth-order valence-electron chi connectivity index (χ4n) is 1.64. The van der Waals surface area contributed by atoms with E-state index in [0.29, 0.717) is 0 Å². The third-order valence-corrected chi connectivity index (χ3v) is 4.34. The van der Waals surface area contributed by atoms with Crippen LogP contribution in [-0.2, 0) is 6.54 Å². The van der Waals surface area contributed by atoms with Gasteiger partial charge in [0.15, 0.2) is 0 Å². The van der Waals surface area contributed by atoms with Gasteiger partial charge in [0.2, 0.25) is 0 Å². The maximum absolute atomic E-state index is 3.49. The lowest BCUT2D eigenvalue weighted by Gasteiger charge is -2.17. The van der Waals surface area contributed by atoms with Crippen LogP contribution in [0, 0.1) is 0 Å². The van der Waals surface area contributed by atoms with Crippen LogP contribution in [0.3, 0.4) is 0 Å². The van der Waals surface area contributed by atoms with Gasteiger partial charge in [0, 0.05) is 26.3 Å². The molecule has 0 fully saturated rings. The molecule has 4 heteroatoms. The first kappa shape index (κ1) is 12.5. The van der Waals surface area contributed by atoms with E-state index in [1.165, 1.54) is 14.4 Å². The van der Waals surface area contributed by atoms with Crippen molar-refractivity contribution in [2.45, 2.75) is 6.54 Å². The zero-order valence-electron chi connectivity index (χ0n) is 9.90. The molecule has 0 unspecified atom stereocenters. The van der Waals surface area contributed by atoms with Crippen LogP contribution in [0.1, 0.15) is 5.56 Å². The summed E-state index contributed by atoms with van der Waals surface area (Å²) in [5, 5.41) is 4.40. The molecule has 0 aliphatic rings. The van der Waals surface area contributed by atoms with Crippen molar-refractivity contribution in [2.75, 3.05) is 24.3 Å². The smallest absolute Gasteiger partial charge is 0.0920 e. The average molecular weight is 311 g/mol. The third kappa shape index (κ3) is 3.23. The number of hydrogen-bond acceptors (Lipinski definition) is 3. The van der Waals surface area contributed by atoms with Gasteiger partial charge >= 0.3 is 0 Å². The Morgan fingerprint density at radius 3 is 2.41 bits per heavy atom. The Bertz CT molecular complexity index is 478. The zero-order valence-corrected chi connectivity index (χ0v) is 12.3. The van der Waals surface area contributed by atoms with Crippen molar-refractivity contribution < 1.29 is 0 Å². The summed E-state index contributed by atoms with van der Waals surface area (Å²) in [6.07, 6.45) is 0. The Morgan fingerprint density at radius 1 is 1.18 bits per heavy atom. The molecular weight excluding hydrogens is 296 g/mol. The highest BCUT2D eigenvalue weighted by Gasteiger charge is 2.04. The highest BCUT2D eigenvalue weighted by atomic mass is 79.9. The molecule has 0 saturated carbocycles. The van der Waals surface area contributed by atoms with Crippen molar-refractivity contribution >= 4 is 38.0 Å². The predicted molar refractivity (Wildman–Crippen MR) is 80.1 cm³/mol. The van der Waals surface area contributed by atoms with Crippen molar-refractivity contribution in [1.82, 2.24) is 0 Å². The van der Waals surface area contributed by atoms with Gasteiger partial charge in [-0.2, -0.15) is 0 Å². The lowest BCUT2D eigenvalue weighted by atomic mass is 10.2. The second-order valence-corrected chi connectivity index (χ2v) is 6.32. The molecule has 0 atom stereocenters. The Labute approximate surface area is 114 Å². The van der Waals surface area contributed by atoms with E-state index in [1.54, 1.807) is 11.3 Å². The number of nitrogens with zero attached hydrogens (tertiary/aromatic N) is 1. The van der Waals surface area contributed by atoms with Gasteiger partial charge in [-0.1, -0.05) is 12.1 Å². The highest BCUT2D eigenvalue weighted by molar-refractivity contribution is 9.11. The largest absolute Gasteiger partial charge is 0.388 e. The number of anilines is 2. The van der Waals surface area contributed by atoms with E-state index in [9.17, 15) is 0 Å². The van der Waals surface area contributed by atoms with E-state index in [1.807, 2.05) is 7.05 Å². The Balaban J connectivity index is 2.04. The summed E-state index contributed by atoms with van der Waals surface area (Å²) in [5.74, 6) is 0. The summed E-state index contributed by atoms with van der Waals surface area (Å²) in [5.41, 5.74) is 2.46. The number of benzene rings is 1. The van der Waals surface area contributed by atoms with Crippen LogP contribution >= 0.6 is 27.3 Å². The summed E-state index contributed by atoms with van der Waals surface area (Å²) in [4.78, 5) is 2.25. The molecule has 1 aromatic heterocycles. The molecule has 1 aromatic carbocycles. The minimum atomic E-state index is 0.928. The third-order valence-electron chi connectivity index (χ3n) is 2.60. The van der Waals surface area contributed by atoms with Crippen LogP contribution < -0.4 is 10.2 Å². The zero-order chi connectivity index (χ0) is 12.3. The SMILES string of the molecule is CNc1ccc(CN(C)c2ccc(Br)s2)cc1. The molecule has 0 bridgehead atoms. The van der Waals surface area contributed by atoms with Crippen LogP contribution in [0.2, 0.25) is 0 Å². The highest BCUT2D eigenvalue weighted by Crippen LogP contribution is 2.29. The van der Waals surface area contributed by atoms with Gasteiger partial charge in [-0.3, -0.25) is 0 Å². The molecule has 17 heavy (non-hydrogen) atoms. The predicted octanol–water partition coefficient (Wildman–Crippen LogP) is 4.19. The van der Waals surface area contributed by atoms with Crippen LogP contribution in [0.4, 0.5) is 10.7 Å². The van der Waals surface area contributed by atoms with Crippen molar-refractivity contribution in [3.05, 3.63) is 45.7 Å². The summed E-state index contributed by atoms with van der Waals surface area (Å²) in [6.45, 7) is 0.928. The first-order valence-corrected chi connectivity index (χ1v) is 7.03. The molecule has 0 spiro atoms. The van der Waals surface area contributed by atoms with E-state index in [4.69, 9.17) is 0 Å². The van der Waals surface area contributed by atoms with Crippen LogP contribution in [0.5, 0.6) is 0 Å². The maximum atomic E-state index is 3.49. The molecule has 0 saturated heterocycles. The molecule has 0 aliphatic carbocycles. The van der Waals surface area contributed by atoms with Gasteiger partial charge in [0.1, 0.15) is 0 Å². The quantitative estimate of drug-likeness (QED) is 0.911. The van der Waals surface area contributed by atoms with Crippen molar-refractivity contribution in [3.63, 3.8) is 0 Å². The lowest BCUT2D eigenvalue weighted by molar-refractivity contribution is 0.935. The Kier molecular flexibility index (Phi) is 4.07. The minimum absolute atomic E-state index is 0.928. The summed E-state index contributed by atoms with van der Waals surface area (Å²) >= 11 is 5.24. The number of thiophene rings is 1. The second-order valence-electron chi connectivity index (χ2n) is 3.88. The van der Waals surface area contributed by atoms with Crippen molar-refractivity contribution in [2.24, 2.45) is 0 Å². The second kappa shape index (κ2) is 5.56. The number of hydrogen-bond donors (Lipinski definition) is 1. The first-order valence-electron chi connectivity index (χ1n) is 5.42. The molecule has 0 aliphatic heterocycles. The first-order chi connectivity index (χ1) is 8.19. The maximum Gasteiger partial charge on any atom is 0.0920 e. The van der Waals surface area contributed by atoms with E-state index in [0.717, 1.165) is 12.2 Å². The molecule has 0 amide bonds. The summed E-state index contributed by atoms with van der Waals surface area (Å²) in [6, 6.07) is 12.7. The molecular formula is C13H15BrN2S. The number of halogens is 1. The van der Waals surface area contributed by atoms with Crippen LogP contribution in [0.25, 0.3) is 0 Å². The topological polar surface area (TPSA) is 15.3 Å². The van der Waals surface area contributed by atoms with Gasteiger partial charge in [0.05, 0.1) is 8.79 Å². The van der Waals surface area contributed by atoms with Gasteiger partial charge in [-0.15, -0.1) is 11.3 Å². The van der Waals surface area contributed by atoms with Crippen LogP contribution in [0.15, 0.2) is 40.2 Å². The monoisotopic (exact) mass is 310 g/mol. The molecule has 2 nitrogen and oxygen atoms in total.